The molecule has 2 aliphatic heterocycles. The summed E-state index contributed by atoms with van der Waals surface area (Å²) in [4.78, 5) is 20.7. The highest BCUT2D eigenvalue weighted by molar-refractivity contribution is 5.88. The number of aromatic nitrogens is 3. The van der Waals surface area contributed by atoms with Gasteiger partial charge >= 0.3 is 6.03 Å². The fraction of sp³-hybridized carbons (Fsp3) is 0.409. The van der Waals surface area contributed by atoms with E-state index in [1.165, 1.54) is 6.07 Å². The lowest BCUT2D eigenvalue weighted by atomic mass is 10.0. The smallest absolute Gasteiger partial charge is 0.323 e. The van der Waals surface area contributed by atoms with Crippen LogP contribution < -0.4 is 16.0 Å². The van der Waals surface area contributed by atoms with E-state index < -0.39 is 11.6 Å². The Morgan fingerprint density at radius 3 is 2.72 bits per heavy atom. The lowest BCUT2D eigenvalue weighted by Crippen LogP contribution is -2.44. The summed E-state index contributed by atoms with van der Waals surface area (Å²) in [5.41, 5.74) is 6.83. The standard InChI is InChI=1S/C22H25F2N7O/c23-14-3-4-17(24)16(12-14)18-2-1-9-30(18)20-6-5-19-26-13-21(31(19)28-20)27-22(32)29-10-7-15(25)8-11-29/h3-6,12-13,15,18H,1-2,7-11,25H2,(H,27,32). The number of nitrogens with zero attached hydrogens (tertiary/aromatic N) is 5. The molecule has 8 nitrogen and oxygen atoms in total. The first-order chi connectivity index (χ1) is 15.5. The number of amides is 2. The third-order valence-corrected chi connectivity index (χ3v) is 6.27. The van der Waals surface area contributed by atoms with Crippen molar-refractivity contribution in [1.29, 1.82) is 0 Å². The second-order valence-corrected chi connectivity index (χ2v) is 8.38. The minimum absolute atomic E-state index is 0.135. The maximum atomic E-state index is 14.4. The highest BCUT2D eigenvalue weighted by atomic mass is 19.1. The van der Waals surface area contributed by atoms with E-state index in [0.29, 0.717) is 48.9 Å². The van der Waals surface area contributed by atoms with E-state index in [2.05, 4.69) is 15.4 Å². The van der Waals surface area contributed by atoms with Gasteiger partial charge in [-0.3, -0.25) is 5.32 Å². The molecule has 3 aromatic rings. The zero-order valence-corrected chi connectivity index (χ0v) is 17.5. The van der Waals surface area contributed by atoms with Crippen molar-refractivity contribution in [3.05, 3.63) is 53.7 Å². The first kappa shape index (κ1) is 20.6. The predicted octanol–water partition coefficient (Wildman–Crippen LogP) is 3.30. The molecule has 3 N–H and O–H groups in total. The molecule has 0 spiro atoms. The van der Waals surface area contributed by atoms with Crippen molar-refractivity contribution in [3.8, 4) is 0 Å². The molecular weight excluding hydrogens is 416 g/mol. The molecule has 0 aliphatic carbocycles. The molecule has 0 bridgehead atoms. The van der Waals surface area contributed by atoms with Gasteiger partial charge in [-0.15, -0.1) is 5.10 Å². The number of urea groups is 1. The Bertz CT molecular complexity index is 1140. The van der Waals surface area contributed by atoms with Crippen molar-refractivity contribution in [2.24, 2.45) is 5.73 Å². The van der Waals surface area contributed by atoms with Crippen LogP contribution >= 0.6 is 0 Å². The number of piperidine rings is 1. The molecule has 2 amide bonds. The number of imidazole rings is 1. The van der Waals surface area contributed by atoms with E-state index in [1.807, 2.05) is 11.0 Å². The number of carbonyl (C=O) groups is 1. The molecule has 2 aliphatic rings. The van der Waals surface area contributed by atoms with Crippen LogP contribution in [0.15, 0.2) is 36.5 Å². The molecule has 10 heteroatoms. The van der Waals surface area contributed by atoms with Gasteiger partial charge in [0.25, 0.3) is 0 Å². The van der Waals surface area contributed by atoms with E-state index in [1.54, 1.807) is 21.7 Å². The number of anilines is 2. The minimum Gasteiger partial charge on any atom is -0.348 e. The van der Waals surface area contributed by atoms with Crippen LogP contribution in [-0.2, 0) is 0 Å². The highest BCUT2D eigenvalue weighted by Gasteiger charge is 2.30. The van der Waals surface area contributed by atoms with Gasteiger partial charge in [0.05, 0.1) is 12.2 Å². The minimum atomic E-state index is -0.463. The van der Waals surface area contributed by atoms with Crippen molar-refractivity contribution in [3.63, 3.8) is 0 Å². The number of carbonyl (C=O) groups excluding carboxylic acids is 1. The lowest BCUT2D eigenvalue weighted by Gasteiger charge is -2.30. The van der Waals surface area contributed by atoms with Gasteiger partial charge in [-0.2, -0.15) is 4.52 Å². The summed E-state index contributed by atoms with van der Waals surface area (Å²) < 4.78 is 29.8. The first-order valence-corrected chi connectivity index (χ1v) is 10.9. The predicted molar refractivity (Wildman–Crippen MR) is 116 cm³/mol. The average molecular weight is 441 g/mol. The van der Waals surface area contributed by atoms with E-state index in [0.717, 1.165) is 31.4 Å². The van der Waals surface area contributed by atoms with Gasteiger partial charge in [0.1, 0.15) is 17.5 Å². The Morgan fingerprint density at radius 2 is 1.91 bits per heavy atom. The number of fused-ring (bicyclic) bond motifs is 1. The van der Waals surface area contributed by atoms with Crippen LogP contribution in [0.4, 0.5) is 25.2 Å². The summed E-state index contributed by atoms with van der Waals surface area (Å²) >= 11 is 0. The third kappa shape index (κ3) is 3.86. The highest BCUT2D eigenvalue weighted by Crippen LogP contribution is 2.36. The molecule has 1 aromatic carbocycles. The maximum absolute atomic E-state index is 14.4. The fourth-order valence-corrected chi connectivity index (χ4v) is 4.53. The second-order valence-electron chi connectivity index (χ2n) is 8.38. The number of halogens is 2. The van der Waals surface area contributed by atoms with Crippen molar-refractivity contribution >= 4 is 23.3 Å². The SMILES string of the molecule is NC1CCN(C(=O)Nc2cnc3ccc(N4CCCC4c4cc(F)ccc4F)nn23)CC1. The van der Waals surface area contributed by atoms with Gasteiger partial charge in [0, 0.05) is 31.2 Å². The van der Waals surface area contributed by atoms with E-state index in [4.69, 9.17) is 5.73 Å². The summed E-state index contributed by atoms with van der Waals surface area (Å²) in [5, 5.41) is 7.55. The van der Waals surface area contributed by atoms with Crippen LogP contribution in [-0.4, -0.2) is 51.2 Å². The summed E-state index contributed by atoms with van der Waals surface area (Å²) in [6.45, 7) is 1.89. The number of hydrogen-bond acceptors (Lipinski definition) is 5. The summed E-state index contributed by atoms with van der Waals surface area (Å²) in [6, 6.07) is 6.76. The van der Waals surface area contributed by atoms with Gasteiger partial charge in [-0.1, -0.05) is 0 Å². The molecular formula is C22H25F2N7O. The maximum Gasteiger partial charge on any atom is 0.323 e. The van der Waals surface area contributed by atoms with Gasteiger partial charge in [-0.25, -0.2) is 18.6 Å². The second kappa shape index (κ2) is 8.34. The molecule has 4 heterocycles. The summed E-state index contributed by atoms with van der Waals surface area (Å²) in [5.74, 6) is 0.173. The van der Waals surface area contributed by atoms with Crippen LogP contribution in [0.25, 0.3) is 5.65 Å². The molecule has 0 radical (unpaired) electrons. The first-order valence-electron chi connectivity index (χ1n) is 10.9. The quantitative estimate of drug-likeness (QED) is 0.651. The van der Waals surface area contributed by atoms with Gasteiger partial charge in [-0.05, 0) is 56.0 Å². The normalized spacial score (nSPS) is 19.7. The summed E-state index contributed by atoms with van der Waals surface area (Å²) in [7, 11) is 0. The van der Waals surface area contributed by atoms with Crippen LogP contribution in [0.3, 0.4) is 0 Å². The molecule has 1 unspecified atom stereocenters. The zero-order valence-electron chi connectivity index (χ0n) is 17.5. The largest absolute Gasteiger partial charge is 0.348 e. The van der Waals surface area contributed by atoms with Crippen LogP contribution in [0.1, 0.15) is 37.3 Å². The average Bonchev–Trinajstić information content (AvgIpc) is 3.43. The van der Waals surface area contributed by atoms with Crippen LogP contribution in [0.5, 0.6) is 0 Å². The number of nitrogens with one attached hydrogen (secondary N) is 1. The summed E-state index contributed by atoms with van der Waals surface area (Å²) in [6.07, 6.45) is 4.65. The monoisotopic (exact) mass is 441 g/mol. The topological polar surface area (TPSA) is 91.8 Å². The molecule has 5 rings (SSSR count). The van der Waals surface area contributed by atoms with Crippen molar-refractivity contribution < 1.29 is 13.6 Å². The van der Waals surface area contributed by atoms with Gasteiger partial charge < -0.3 is 15.5 Å². The van der Waals surface area contributed by atoms with Crippen molar-refractivity contribution in [1.82, 2.24) is 19.5 Å². The van der Waals surface area contributed by atoms with Crippen molar-refractivity contribution in [2.45, 2.75) is 37.8 Å². The molecule has 2 aromatic heterocycles. The Kier molecular flexibility index (Phi) is 5.38. The molecule has 1 atom stereocenters. The van der Waals surface area contributed by atoms with Crippen LogP contribution in [0, 0.1) is 11.6 Å². The molecule has 32 heavy (non-hydrogen) atoms. The number of rotatable bonds is 3. The molecule has 168 valence electrons. The number of nitrogens with two attached hydrogens (primary N) is 1. The number of hydrogen-bond donors (Lipinski definition) is 2. The third-order valence-electron chi connectivity index (χ3n) is 6.27. The molecule has 0 saturated carbocycles. The van der Waals surface area contributed by atoms with Crippen LogP contribution in [0.2, 0.25) is 0 Å². The Balaban J connectivity index is 1.41. The van der Waals surface area contributed by atoms with Crippen molar-refractivity contribution in [2.75, 3.05) is 29.9 Å². The Hall–Kier alpha value is -3.27. The van der Waals surface area contributed by atoms with E-state index in [-0.39, 0.29) is 18.1 Å². The Labute approximate surface area is 184 Å². The fourth-order valence-electron chi connectivity index (χ4n) is 4.53. The number of likely N-dealkylation sites (tertiary alicyclic amines) is 1. The van der Waals surface area contributed by atoms with E-state index >= 15 is 0 Å². The molecule has 2 saturated heterocycles. The lowest BCUT2D eigenvalue weighted by molar-refractivity contribution is 0.195. The van der Waals surface area contributed by atoms with Gasteiger partial charge in [0.15, 0.2) is 11.5 Å². The van der Waals surface area contributed by atoms with E-state index in [9.17, 15) is 13.6 Å². The zero-order chi connectivity index (χ0) is 22.2. The molecule has 2 fully saturated rings. The Morgan fingerprint density at radius 1 is 1.09 bits per heavy atom. The van der Waals surface area contributed by atoms with Gasteiger partial charge in [0.2, 0.25) is 0 Å². The number of benzene rings is 1.